The SMILES string of the molecule is NC(=O)CN(CC(N)=O)c1nnccc1C(N)=S. The number of amides is 2. The number of carbonyl (C=O) groups excluding carboxylic acids is 2. The zero-order valence-electron chi connectivity index (χ0n) is 9.37. The van der Waals surface area contributed by atoms with E-state index in [0.717, 1.165) is 0 Å². The van der Waals surface area contributed by atoms with Gasteiger partial charge in [0.15, 0.2) is 5.82 Å². The van der Waals surface area contributed by atoms with Crippen LogP contribution in [0.4, 0.5) is 5.82 Å². The van der Waals surface area contributed by atoms with Crippen LogP contribution in [0.15, 0.2) is 12.3 Å². The molecule has 8 nitrogen and oxygen atoms in total. The Labute approximate surface area is 108 Å². The fourth-order valence-electron chi connectivity index (χ4n) is 1.33. The number of aromatic nitrogens is 2. The van der Waals surface area contributed by atoms with Crippen LogP contribution in [0.5, 0.6) is 0 Å². The van der Waals surface area contributed by atoms with E-state index in [1.165, 1.54) is 17.2 Å². The number of hydrogen-bond acceptors (Lipinski definition) is 6. The van der Waals surface area contributed by atoms with Gasteiger partial charge in [-0.15, -0.1) is 5.10 Å². The number of primary amides is 2. The largest absolute Gasteiger partial charge is 0.389 e. The van der Waals surface area contributed by atoms with E-state index < -0.39 is 11.8 Å². The molecule has 0 saturated heterocycles. The third-order valence-electron chi connectivity index (χ3n) is 1.96. The number of thiocarbonyl (C=S) groups is 1. The summed E-state index contributed by atoms with van der Waals surface area (Å²) >= 11 is 4.85. The summed E-state index contributed by atoms with van der Waals surface area (Å²) in [6.07, 6.45) is 1.39. The van der Waals surface area contributed by atoms with Gasteiger partial charge in [-0.3, -0.25) is 9.59 Å². The average molecular weight is 268 g/mol. The van der Waals surface area contributed by atoms with E-state index in [0.29, 0.717) is 5.56 Å². The minimum Gasteiger partial charge on any atom is -0.389 e. The molecule has 0 aliphatic carbocycles. The first kappa shape index (κ1) is 13.8. The van der Waals surface area contributed by atoms with E-state index in [1.807, 2.05) is 0 Å². The highest BCUT2D eigenvalue weighted by Gasteiger charge is 2.18. The lowest BCUT2D eigenvalue weighted by Gasteiger charge is -2.21. The lowest BCUT2D eigenvalue weighted by molar-refractivity contribution is -0.117. The number of nitrogens with zero attached hydrogens (tertiary/aromatic N) is 3. The molecule has 1 aromatic rings. The predicted octanol–water partition coefficient (Wildman–Crippen LogP) is -2.11. The van der Waals surface area contributed by atoms with Crippen molar-refractivity contribution in [1.29, 1.82) is 0 Å². The molecule has 1 heterocycles. The summed E-state index contributed by atoms with van der Waals surface area (Å²) in [7, 11) is 0. The molecule has 0 spiro atoms. The maximum Gasteiger partial charge on any atom is 0.237 e. The lowest BCUT2D eigenvalue weighted by Crippen LogP contribution is -2.41. The van der Waals surface area contributed by atoms with Crippen LogP contribution in [0.1, 0.15) is 5.56 Å². The normalized spacial score (nSPS) is 9.78. The van der Waals surface area contributed by atoms with Crippen LogP contribution in [0.2, 0.25) is 0 Å². The summed E-state index contributed by atoms with van der Waals surface area (Å²) in [6, 6.07) is 1.53. The van der Waals surface area contributed by atoms with Crippen LogP contribution >= 0.6 is 12.2 Å². The second kappa shape index (κ2) is 5.87. The molecule has 18 heavy (non-hydrogen) atoms. The molecule has 1 aromatic heterocycles. The summed E-state index contributed by atoms with van der Waals surface area (Å²) < 4.78 is 0. The summed E-state index contributed by atoms with van der Waals surface area (Å²) in [5, 5.41) is 7.45. The summed E-state index contributed by atoms with van der Waals surface area (Å²) in [4.78, 5) is 23.3. The Hall–Kier alpha value is -2.29. The van der Waals surface area contributed by atoms with Crippen molar-refractivity contribution in [2.45, 2.75) is 0 Å². The van der Waals surface area contributed by atoms with E-state index in [1.54, 1.807) is 0 Å². The highest BCUT2D eigenvalue weighted by atomic mass is 32.1. The molecule has 0 unspecified atom stereocenters. The number of hydrogen-bond donors (Lipinski definition) is 3. The highest BCUT2D eigenvalue weighted by Crippen LogP contribution is 2.15. The van der Waals surface area contributed by atoms with Crippen LogP contribution in [0, 0.1) is 0 Å². The van der Waals surface area contributed by atoms with Crippen LogP contribution in [-0.2, 0) is 9.59 Å². The van der Waals surface area contributed by atoms with E-state index >= 15 is 0 Å². The predicted molar refractivity (Wildman–Crippen MR) is 68.5 cm³/mol. The van der Waals surface area contributed by atoms with Crippen molar-refractivity contribution in [1.82, 2.24) is 10.2 Å². The lowest BCUT2D eigenvalue weighted by atomic mass is 10.2. The number of carbonyl (C=O) groups is 2. The zero-order chi connectivity index (χ0) is 13.7. The van der Waals surface area contributed by atoms with Crippen molar-refractivity contribution < 1.29 is 9.59 Å². The molecule has 0 aliphatic rings. The highest BCUT2D eigenvalue weighted by molar-refractivity contribution is 7.80. The molecule has 9 heteroatoms. The Balaban J connectivity index is 3.15. The summed E-state index contributed by atoms with van der Waals surface area (Å²) in [5.74, 6) is -1.09. The van der Waals surface area contributed by atoms with Crippen molar-refractivity contribution >= 4 is 34.8 Å². The molecular weight excluding hydrogens is 256 g/mol. The van der Waals surface area contributed by atoms with Gasteiger partial charge in [-0.05, 0) is 6.07 Å². The van der Waals surface area contributed by atoms with Crippen LogP contribution < -0.4 is 22.1 Å². The first-order valence-electron chi connectivity index (χ1n) is 4.85. The Morgan fingerprint density at radius 3 is 2.22 bits per heavy atom. The van der Waals surface area contributed by atoms with Gasteiger partial charge in [-0.2, -0.15) is 5.10 Å². The number of anilines is 1. The zero-order valence-corrected chi connectivity index (χ0v) is 10.2. The molecule has 0 saturated carbocycles. The van der Waals surface area contributed by atoms with Crippen molar-refractivity contribution in [3.63, 3.8) is 0 Å². The van der Waals surface area contributed by atoms with E-state index in [9.17, 15) is 9.59 Å². The molecule has 1 rings (SSSR count). The molecule has 0 radical (unpaired) electrons. The van der Waals surface area contributed by atoms with Crippen molar-refractivity contribution in [3.8, 4) is 0 Å². The van der Waals surface area contributed by atoms with Gasteiger partial charge >= 0.3 is 0 Å². The van der Waals surface area contributed by atoms with Crippen LogP contribution in [0.3, 0.4) is 0 Å². The monoisotopic (exact) mass is 268 g/mol. The maximum absolute atomic E-state index is 11.0. The van der Waals surface area contributed by atoms with Crippen molar-refractivity contribution in [3.05, 3.63) is 17.8 Å². The fourth-order valence-corrected chi connectivity index (χ4v) is 1.49. The molecule has 2 amide bonds. The smallest absolute Gasteiger partial charge is 0.237 e. The van der Waals surface area contributed by atoms with E-state index in [2.05, 4.69) is 10.2 Å². The molecular formula is C9H12N6O2S. The molecule has 0 fully saturated rings. The Morgan fingerprint density at radius 1 is 1.22 bits per heavy atom. The quantitative estimate of drug-likeness (QED) is 0.501. The molecule has 0 aromatic carbocycles. The van der Waals surface area contributed by atoms with Crippen molar-refractivity contribution in [2.24, 2.45) is 17.2 Å². The first-order chi connectivity index (χ1) is 8.41. The Morgan fingerprint density at radius 2 is 1.78 bits per heavy atom. The van der Waals surface area contributed by atoms with Gasteiger partial charge in [0, 0.05) is 0 Å². The minimum absolute atomic E-state index is 0.0684. The van der Waals surface area contributed by atoms with Crippen LogP contribution in [-0.4, -0.2) is 40.1 Å². The first-order valence-corrected chi connectivity index (χ1v) is 5.25. The summed E-state index contributed by atoms with van der Waals surface area (Å²) in [6.45, 7) is -0.478. The Bertz CT molecular complexity index is 476. The third kappa shape index (κ3) is 3.63. The van der Waals surface area contributed by atoms with Crippen molar-refractivity contribution in [2.75, 3.05) is 18.0 Å². The number of nitrogens with two attached hydrogens (primary N) is 3. The molecule has 0 bridgehead atoms. The van der Waals surface area contributed by atoms with Gasteiger partial charge in [-0.1, -0.05) is 12.2 Å². The van der Waals surface area contributed by atoms with Gasteiger partial charge in [0.1, 0.15) is 4.99 Å². The molecule has 0 aliphatic heterocycles. The van der Waals surface area contributed by atoms with Gasteiger partial charge in [0.25, 0.3) is 0 Å². The molecule has 6 N–H and O–H groups in total. The van der Waals surface area contributed by atoms with Gasteiger partial charge in [0.05, 0.1) is 24.8 Å². The molecule has 0 atom stereocenters. The fraction of sp³-hybridized carbons (Fsp3) is 0.222. The molecule has 96 valence electrons. The second-order valence-electron chi connectivity index (χ2n) is 3.42. The van der Waals surface area contributed by atoms with Gasteiger partial charge < -0.3 is 22.1 Å². The Kier molecular flexibility index (Phi) is 4.49. The van der Waals surface area contributed by atoms with Gasteiger partial charge in [0.2, 0.25) is 11.8 Å². The third-order valence-corrected chi connectivity index (χ3v) is 2.18. The number of rotatable bonds is 6. The van der Waals surface area contributed by atoms with E-state index in [4.69, 9.17) is 29.4 Å². The summed E-state index contributed by atoms with van der Waals surface area (Å²) in [5.41, 5.74) is 16.1. The minimum atomic E-state index is -0.643. The van der Waals surface area contributed by atoms with Crippen LogP contribution in [0.25, 0.3) is 0 Å². The topological polar surface area (TPSA) is 141 Å². The maximum atomic E-state index is 11.0. The van der Waals surface area contributed by atoms with Gasteiger partial charge in [-0.25, -0.2) is 0 Å². The average Bonchev–Trinajstić information content (AvgIpc) is 2.26. The second-order valence-corrected chi connectivity index (χ2v) is 3.86. The standard InChI is InChI=1S/C9H12N6O2S/c10-6(16)3-15(4-7(11)17)9-5(8(12)18)1-2-13-14-9/h1-2H,3-4H2,(H2,10,16)(H2,11,17)(H2,12,18). The van der Waals surface area contributed by atoms with E-state index in [-0.39, 0.29) is 23.9 Å².